The molecule has 0 spiro atoms. The van der Waals surface area contributed by atoms with E-state index < -0.39 is 0 Å². The summed E-state index contributed by atoms with van der Waals surface area (Å²) in [6, 6.07) is 15.3. The van der Waals surface area contributed by atoms with Crippen molar-refractivity contribution in [2.75, 3.05) is 25.1 Å². The van der Waals surface area contributed by atoms with Crippen molar-refractivity contribution in [3.63, 3.8) is 0 Å². The Bertz CT molecular complexity index is 1330. The summed E-state index contributed by atoms with van der Waals surface area (Å²) in [7, 11) is 1.67. The molecular weight excluding hydrogens is 436 g/mol. The Hall–Kier alpha value is -3.33. The molecule has 1 aliphatic rings. The van der Waals surface area contributed by atoms with Gasteiger partial charge in [0.15, 0.2) is 5.16 Å². The number of thioether (sulfide) groups is 1. The Kier molecular flexibility index (Phi) is 6.04. The van der Waals surface area contributed by atoms with Crippen LogP contribution in [0.15, 0.2) is 58.5 Å². The Morgan fingerprint density at radius 2 is 1.79 bits per heavy atom. The Morgan fingerprint density at radius 1 is 1.03 bits per heavy atom. The predicted molar refractivity (Wildman–Crippen MR) is 131 cm³/mol. The molecule has 1 atom stereocenters. The molecule has 0 amide bonds. The summed E-state index contributed by atoms with van der Waals surface area (Å²) in [5.74, 6) is 2.17. The molecule has 33 heavy (non-hydrogen) atoms. The summed E-state index contributed by atoms with van der Waals surface area (Å²) in [5, 5.41) is 10.3. The number of rotatable bonds is 6. The van der Waals surface area contributed by atoms with Gasteiger partial charge in [-0.2, -0.15) is 0 Å². The fourth-order valence-electron chi connectivity index (χ4n) is 4.17. The van der Waals surface area contributed by atoms with Gasteiger partial charge in [-0.25, -0.2) is 4.98 Å². The molecule has 1 unspecified atom stereocenters. The number of fused-ring (bicyclic) bond motifs is 1. The van der Waals surface area contributed by atoms with E-state index in [0.717, 1.165) is 48.5 Å². The number of piperidine rings is 1. The topological polar surface area (TPSA) is 88.9 Å². The van der Waals surface area contributed by atoms with Crippen LogP contribution in [0.3, 0.4) is 0 Å². The van der Waals surface area contributed by atoms with Crippen LogP contribution in [0.1, 0.15) is 37.3 Å². The maximum atomic E-state index is 12.6. The van der Waals surface area contributed by atoms with Crippen LogP contribution in [-0.4, -0.2) is 44.9 Å². The molecule has 1 N–H and O–H groups in total. The smallest absolute Gasteiger partial charge is 0.258 e. The summed E-state index contributed by atoms with van der Waals surface area (Å²) in [4.78, 5) is 22.5. The van der Waals surface area contributed by atoms with Crippen LogP contribution in [0.4, 0.5) is 5.95 Å². The molecule has 2 aromatic heterocycles. The molecule has 9 heteroatoms. The molecule has 170 valence electrons. The number of nitrogens with one attached hydrogen (secondary N) is 1. The van der Waals surface area contributed by atoms with Crippen molar-refractivity contribution in [1.29, 1.82) is 0 Å². The van der Waals surface area contributed by atoms with Gasteiger partial charge in [-0.3, -0.25) is 9.36 Å². The van der Waals surface area contributed by atoms with E-state index in [1.165, 1.54) is 18.2 Å². The lowest BCUT2D eigenvalue weighted by Crippen LogP contribution is -2.31. The number of hydrogen-bond donors (Lipinski definition) is 1. The number of aromatic nitrogens is 5. The van der Waals surface area contributed by atoms with Crippen molar-refractivity contribution in [2.45, 2.75) is 36.6 Å². The third-order valence-corrected chi connectivity index (χ3v) is 6.93. The highest BCUT2D eigenvalue weighted by Gasteiger charge is 2.25. The fraction of sp³-hybridized carbons (Fsp3) is 0.333. The Balaban J connectivity index is 1.55. The lowest BCUT2D eigenvalue weighted by atomic mass is 10.1. The summed E-state index contributed by atoms with van der Waals surface area (Å²) in [5.41, 5.74) is 1.44. The first-order valence-electron chi connectivity index (χ1n) is 11.1. The van der Waals surface area contributed by atoms with Crippen molar-refractivity contribution in [3.8, 4) is 11.4 Å². The van der Waals surface area contributed by atoms with Gasteiger partial charge in [0.1, 0.15) is 11.6 Å². The lowest BCUT2D eigenvalue weighted by Gasteiger charge is -2.28. The zero-order valence-corrected chi connectivity index (χ0v) is 19.5. The Morgan fingerprint density at radius 3 is 2.61 bits per heavy atom. The summed E-state index contributed by atoms with van der Waals surface area (Å²) < 4.78 is 7.72. The molecule has 3 heterocycles. The lowest BCUT2D eigenvalue weighted by molar-refractivity contribution is 0.412. The quantitative estimate of drug-likeness (QED) is 0.426. The first-order valence-corrected chi connectivity index (χ1v) is 12.0. The van der Waals surface area contributed by atoms with Gasteiger partial charge in [-0.15, -0.1) is 10.2 Å². The summed E-state index contributed by atoms with van der Waals surface area (Å²) >= 11 is 1.51. The molecule has 1 aliphatic heterocycles. The number of nitrogens with zero attached hydrogens (tertiary/aromatic N) is 5. The maximum absolute atomic E-state index is 12.6. The molecule has 1 saturated heterocycles. The normalized spacial score (nSPS) is 15.0. The number of anilines is 1. The fourth-order valence-corrected chi connectivity index (χ4v) is 5.09. The Labute approximate surface area is 196 Å². The van der Waals surface area contributed by atoms with Crippen molar-refractivity contribution >= 4 is 28.6 Å². The van der Waals surface area contributed by atoms with Gasteiger partial charge in [0, 0.05) is 13.1 Å². The van der Waals surface area contributed by atoms with Crippen LogP contribution in [0.2, 0.25) is 0 Å². The molecule has 0 radical (unpaired) electrons. The highest BCUT2D eigenvalue weighted by molar-refractivity contribution is 7.99. The van der Waals surface area contributed by atoms with Crippen molar-refractivity contribution in [3.05, 3.63) is 64.7 Å². The van der Waals surface area contributed by atoms with E-state index in [2.05, 4.69) is 24.6 Å². The van der Waals surface area contributed by atoms with Crippen LogP contribution in [-0.2, 0) is 0 Å². The van der Waals surface area contributed by atoms with E-state index in [-0.39, 0.29) is 10.8 Å². The van der Waals surface area contributed by atoms with E-state index in [0.29, 0.717) is 16.7 Å². The SMILES string of the molecule is COc1ccccc1-n1c(SC(C)c2nc3ccccc3c(=O)[nH]2)nnc1N1CCCCC1. The van der Waals surface area contributed by atoms with Gasteiger partial charge >= 0.3 is 0 Å². The molecule has 2 aromatic carbocycles. The van der Waals surface area contributed by atoms with Crippen molar-refractivity contribution in [1.82, 2.24) is 24.7 Å². The average Bonchev–Trinajstić information content (AvgIpc) is 3.27. The molecule has 0 bridgehead atoms. The average molecular weight is 463 g/mol. The number of aromatic amines is 1. The second-order valence-electron chi connectivity index (χ2n) is 8.07. The highest BCUT2D eigenvalue weighted by Crippen LogP contribution is 2.38. The van der Waals surface area contributed by atoms with E-state index in [4.69, 9.17) is 9.72 Å². The van der Waals surface area contributed by atoms with Crippen LogP contribution >= 0.6 is 11.8 Å². The van der Waals surface area contributed by atoms with E-state index >= 15 is 0 Å². The second-order valence-corrected chi connectivity index (χ2v) is 9.37. The zero-order chi connectivity index (χ0) is 22.8. The molecular formula is C24H26N6O2S. The number of hydrogen-bond acceptors (Lipinski definition) is 7. The van der Waals surface area contributed by atoms with E-state index in [9.17, 15) is 4.79 Å². The third kappa shape index (κ3) is 4.20. The standard InChI is InChI=1S/C24H26N6O2S/c1-16(21-25-18-11-5-4-10-17(18)22(31)26-21)33-24-28-27-23(29-14-8-3-9-15-29)30(24)19-12-6-7-13-20(19)32-2/h4-7,10-13,16H,3,8-9,14-15H2,1-2H3,(H,25,26,31). The van der Waals surface area contributed by atoms with Crippen LogP contribution in [0.5, 0.6) is 5.75 Å². The van der Waals surface area contributed by atoms with Gasteiger partial charge in [0.05, 0.1) is 29.0 Å². The first kappa shape index (κ1) is 21.5. The molecule has 8 nitrogen and oxygen atoms in total. The number of benzene rings is 2. The minimum atomic E-state index is -0.144. The number of methoxy groups -OCH3 is 1. The van der Waals surface area contributed by atoms with Gasteiger partial charge in [0.2, 0.25) is 5.95 Å². The van der Waals surface area contributed by atoms with Gasteiger partial charge in [0.25, 0.3) is 5.56 Å². The van der Waals surface area contributed by atoms with Crippen LogP contribution < -0.4 is 15.2 Å². The minimum absolute atomic E-state index is 0.136. The largest absolute Gasteiger partial charge is 0.495 e. The summed E-state index contributed by atoms with van der Waals surface area (Å²) in [6.45, 7) is 3.92. The molecule has 5 rings (SSSR count). The van der Waals surface area contributed by atoms with Gasteiger partial charge < -0.3 is 14.6 Å². The number of H-pyrrole nitrogens is 1. The predicted octanol–water partition coefficient (Wildman–Crippen LogP) is 4.36. The molecule has 4 aromatic rings. The van der Waals surface area contributed by atoms with Crippen LogP contribution in [0, 0.1) is 0 Å². The van der Waals surface area contributed by atoms with Crippen molar-refractivity contribution in [2.24, 2.45) is 0 Å². The molecule has 1 fully saturated rings. The van der Waals surface area contributed by atoms with Gasteiger partial charge in [-0.05, 0) is 50.5 Å². The van der Waals surface area contributed by atoms with E-state index in [1.807, 2.05) is 49.4 Å². The van der Waals surface area contributed by atoms with Crippen molar-refractivity contribution < 1.29 is 4.74 Å². The highest BCUT2D eigenvalue weighted by atomic mass is 32.2. The van der Waals surface area contributed by atoms with E-state index in [1.54, 1.807) is 13.2 Å². The minimum Gasteiger partial charge on any atom is -0.495 e. The molecule has 0 aliphatic carbocycles. The summed E-state index contributed by atoms with van der Waals surface area (Å²) in [6.07, 6.45) is 3.51. The number of para-hydroxylation sites is 3. The maximum Gasteiger partial charge on any atom is 0.258 e. The first-order chi connectivity index (χ1) is 16.2. The monoisotopic (exact) mass is 462 g/mol. The zero-order valence-electron chi connectivity index (χ0n) is 18.7. The van der Waals surface area contributed by atoms with Gasteiger partial charge in [-0.1, -0.05) is 36.0 Å². The third-order valence-electron chi connectivity index (χ3n) is 5.88. The second kappa shape index (κ2) is 9.27. The number of ether oxygens (including phenoxy) is 1. The molecule has 0 saturated carbocycles. The van der Waals surface area contributed by atoms with Crippen LogP contribution in [0.25, 0.3) is 16.6 Å².